The number of aryl methyl sites for hydroxylation is 2. The largest absolute Gasteiger partial charge is 0.486 e. The quantitative estimate of drug-likeness (QED) is 0.795. The lowest BCUT2D eigenvalue weighted by Gasteiger charge is -2.17. The molecule has 0 amide bonds. The van der Waals surface area contributed by atoms with Crippen molar-refractivity contribution in [2.75, 3.05) is 13.2 Å². The molecular formula is C15H14N2O3. The van der Waals surface area contributed by atoms with E-state index in [0.29, 0.717) is 13.2 Å². The number of furan rings is 1. The molecule has 3 heterocycles. The van der Waals surface area contributed by atoms with Crippen LogP contribution >= 0.6 is 0 Å². The van der Waals surface area contributed by atoms with Crippen LogP contribution in [0.25, 0.3) is 11.0 Å². The Hall–Kier alpha value is -2.43. The number of H-pyrrole nitrogens is 1. The van der Waals surface area contributed by atoms with Crippen LogP contribution in [-0.2, 0) is 12.8 Å². The SMILES string of the molecule is c1coc(CCc2nc3cc4c(cc3[nH]2)OCCO4)c1. The van der Waals surface area contributed by atoms with E-state index in [1.54, 1.807) is 6.26 Å². The summed E-state index contributed by atoms with van der Waals surface area (Å²) in [6.45, 7) is 1.19. The molecule has 0 bridgehead atoms. The van der Waals surface area contributed by atoms with Crippen LogP contribution in [0, 0.1) is 0 Å². The van der Waals surface area contributed by atoms with Crippen LogP contribution in [-0.4, -0.2) is 23.2 Å². The standard InChI is InChI=1S/C15H14N2O3/c1-2-10(18-5-1)3-4-15-16-11-8-13-14(9-12(11)17-15)20-7-6-19-13/h1-2,5,8-9H,3-4,6-7H2,(H,16,17). The maximum Gasteiger partial charge on any atom is 0.163 e. The Morgan fingerprint density at radius 1 is 1.10 bits per heavy atom. The van der Waals surface area contributed by atoms with E-state index in [-0.39, 0.29) is 0 Å². The first-order valence-electron chi connectivity index (χ1n) is 6.69. The molecule has 1 aliphatic heterocycles. The van der Waals surface area contributed by atoms with Crippen LogP contribution in [0.1, 0.15) is 11.6 Å². The normalized spacial score (nSPS) is 13.8. The van der Waals surface area contributed by atoms with E-state index >= 15 is 0 Å². The van der Waals surface area contributed by atoms with Crippen LogP contribution in [0.2, 0.25) is 0 Å². The summed E-state index contributed by atoms with van der Waals surface area (Å²) in [5, 5.41) is 0. The zero-order valence-corrected chi connectivity index (χ0v) is 10.9. The van der Waals surface area contributed by atoms with E-state index < -0.39 is 0 Å². The number of rotatable bonds is 3. The molecular weight excluding hydrogens is 256 g/mol. The van der Waals surface area contributed by atoms with E-state index in [2.05, 4.69) is 9.97 Å². The summed E-state index contributed by atoms with van der Waals surface area (Å²) in [7, 11) is 0. The maximum absolute atomic E-state index is 5.57. The molecule has 1 N–H and O–H groups in total. The van der Waals surface area contributed by atoms with Gasteiger partial charge in [0.2, 0.25) is 0 Å². The number of aromatic nitrogens is 2. The molecule has 0 radical (unpaired) electrons. The van der Waals surface area contributed by atoms with Crippen molar-refractivity contribution >= 4 is 11.0 Å². The molecule has 0 fully saturated rings. The minimum Gasteiger partial charge on any atom is -0.486 e. The molecule has 0 saturated carbocycles. The molecule has 0 unspecified atom stereocenters. The third kappa shape index (κ3) is 2.01. The maximum atomic E-state index is 5.57. The highest BCUT2D eigenvalue weighted by atomic mass is 16.6. The summed E-state index contributed by atoms with van der Waals surface area (Å²) in [6, 6.07) is 7.75. The van der Waals surface area contributed by atoms with E-state index in [1.807, 2.05) is 24.3 Å². The Morgan fingerprint density at radius 3 is 2.75 bits per heavy atom. The molecule has 2 aromatic heterocycles. The lowest BCUT2D eigenvalue weighted by molar-refractivity contribution is 0.172. The average molecular weight is 270 g/mol. The Balaban J connectivity index is 1.61. The van der Waals surface area contributed by atoms with Crippen molar-refractivity contribution < 1.29 is 13.9 Å². The van der Waals surface area contributed by atoms with Gasteiger partial charge in [-0.05, 0) is 12.1 Å². The van der Waals surface area contributed by atoms with Gasteiger partial charge in [-0.1, -0.05) is 0 Å². The van der Waals surface area contributed by atoms with Crippen molar-refractivity contribution in [1.82, 2.24) is 9.97 Å². The van der Waals surface area contributed by atoms with Crippen LogP contribution in [0.5, 0.6) is 11.5 Å². The van der Waals surface area contributed by atoms with E-state index in [0.717, 1.165) is 47.0 Å². The fraction of sp³-hybridized carbons (Fsp3) is 0.267. The van der Waals surface area contributed by atoms with Gasteiger partial charge in [-0.25, -0.2) is 4.98 Å². The number of nitrogens with zero attached hydrogens (tertiary/aromatic N) is 1. The van der Waals surface area contributed by atoms with E-state index in [1.165, 1.54) is 0 Å². The average Bonchev–Trinajstić information content (AvgIpc) is 3.11. The molecule has 102 valence electrons. The van der Waals surface area contributed by atoms with Gasteiger partial charge in [0.15, 0.2) is 11.5 Å². The minimum absolute atomic E-state index is 0.592. The van der Waals surface area contributed by atoms with Crippen molar-refractivity contribution in [3.8, 4) is 11.5 Å². The summed E-state index contributed by atoms with van der Waals surface area (Å²) in [4.78, 5) is 7.91. The van der Waals surface area contributed by atoms with Gasteiger partial charge < -0.3 is 18.9 Å². The summed E-state index contributed by atoms with van der Waals surface area (Å²) < 4.78 is 16.5. The summed E-state index contributed by atoms with van der Waals surface area (Å²) in [6.07, 6.45) is 3.34. The number of hydrogen-bond donors (Lipinski definition) is 1. The molecule has 20 heavy (non-hydrogen) atoms. The Labute approximate surface area is 115 Å². The topological polar surface area (TPSA) is 60.3 Å². The number of nitrogens with one attached hydrogen (secondary N) is 1. The molecule has 1 aromatic carbocycles. The predicted octanol–water partition coefficient (Wildman–Crippen LogP) is 2.71. The second kappa shape index (κ2) is 4.59. The summed E-state index contributed by atoms with van der Waals surface area (Å²) >= 11 is 0. The zero-order valence-electron chi connectivity index (χ0n) is 10.9. The summed E-state index contributed by atoms with van der Waals surface area (Å²) in [5.41, 5.74) is 1.88. The van der Waals surface area contributed by atoms with Crippen molar-refractivity contribution in [3.63, 3.8) is 0 Å². The van der Waals surface area contributed by atoms with Crippen LogP contribution < -0.4 is 9.47 Å². The van der Waals surface area contributed by atoms with Gasteiger partial charge in [-0.3, -0.25) is 0 Å². The summed E-state index contributed by atoms with van der Waals surface area (Å²) in [5.74, 6) is 3.47. The molecule has 0 saturated heterocycles. The van der Waals surface area contributed by atoms with Crippen LogP contribution in [0.15, 0.2) is 34.9 Å². The fourth-order valence-electron chi connectivity index (χ4n) is 2.41. The molecule has 0 aliphatic carbocycles. The first-order valence-corrected chi connectivity index (χ1v) is 6.69. The van der Waals surface area contributed by atoms with Gasteiger partial charge in [0.05, 0.1) is 17.3 Å². The van der Waals surface area contributed by atoms with Crippen LogP contribution in [0.4, 0.5) is 0 Å². The number of hydrogen-bond acceptors (Lipinski definition) is 4. The smallest absolute Gasteiger partial charge is 0.163 e. The molecule has 3 aromatic rings. The fourth-order valence-corrected chi connectivity index (χ4v) is 2.41. The highest BCUT2D eigenvalue weighted by molar-refractivity contribution is 5.79. The highest BCUT2D eigenvalue weighted by Crippen LogP contribution is 2.33. The Morgan fingerprint density at radius 2 is 1.95 bits per heavy atom. The van der Waals surface area contributed by atoms with E-state index in [9.17, 15) is 0 Å². The lowest BCUT2D eigenvalue weighted by atomic mass is 10.2. The minimum atomic E-state index is 0.592. The Bertz CT molecular complexity index is 688. The predicted molar refractivity (Wildman–Crippen MR) is 73.2 cm³/mol. The molecule has 4 rings (SSSR count). The number of ether oxygens (including phenoxy) is 2. The second-order valence-electron chi connectivity index (χ2n) is 4.78. The molecule has 5 nitrogen and oxygen atoms in total. The second-order valence-corrected chi connectivity index (χ2v) is 4.78. The molecule has 5 heteroatoms. The van der Waals surface area contributed by atoms with Gasteiger partial charge >= 0.3 is 0 Å². The number of aromatic amines is 1. The first-order chi connectivity index (χ1) is 9.88. The number of fused-ring (bicyclic) bond motifs is 2. The van der Waals surface area contributed by atoms with Gasteiger partial charge in [-0.2, -0.15) is 0 Å². The van der Waals surface area contributed by atoms with Crippen LogP contribution in [0.3, 0.4) is 0 Å². The van der Waals surface area contributed by atoms with Crippen molar-refractivity contribution in [2.24, 2.45) is 0 Å². The molecule has 0 atom stereocenters. The van der Waals surface area contributed by atoms with Gasteiger partial charge in [0.25, 0.3) is 0 Å². The van der Waals surface area contributed by atoms with Crippen molar-refractivity contribution in [2.45, 2.75) is 12.8 Å². The van der Waals surface area contributed by atoms with Gasteiger partial charge in [-0.15, -0.1) is 0 Å². The third-order valence-electron chi connectivity index (χ3n) is 3.38. The lowest BCUT2D eigenvalue weighted by Crippen LogP contribution is -2.15. The molecule has 0 spiro atoms. The van der Waals surface area contributed by atoms with Crippen molar-refractivity contribution in [3.05, 3.63) is 42.1 Å². The van der Waals surface area contributed by atoms with E-state index in [4.69, 9.17) is 13.9 Å². The highest BCUT2D eigenvalue weighted by Gasteiger charge is 2.14. The van der Waals surface area contributed by atoms with Crippen molar-refractivity contribution in [1.29, 1.82) is 0 Å². The number of benzene rings is 1. The first kappa shape index (κ1) is 11.4. The molecule has 1 aliphatic rings. The third-order valence-corrected chi connectivity index (χ3v) is 3.38. The zero-order chi connectivity index (χ0) is 13.4. The number of imidazole rings is 1. The monoisotopic (exact) mass is 270 g/mol. The Kier molecular flexibility index (Phi) is 2.62. The van der Waals surface area contributed by atoms with Gasteiger partial charge in [0, 0.05) is 25.0 Å². The van der Waals surface area contributed by atoms with Gasteiger partial charge in [0.1, 0.15) is 24.8 Å².